The molecule has 2 N–H and O–H groups in total. The lowest BCUT2D eigenvalue weighted by Crippen LogP contribution is -2.23. The molecule has 0 saturated heterocycles. The standard InChI is InChI=1S/C12H9FN6OS/c13-8-3-1-7(2-4-8)12-18-17-10(21-12)6-14-11(20)9-5-15-19-16-9/h1-5H,6H2,(H,14,20)(H,15,16,19). The maximum Gasteiger partial charge on any atom is 0.273 e. The molecule has 0 radical (unpaired) electrons. The number of amides is 1. The summed E-state index contributed by atoms with van der Waals surface area (Å²) < 4.78 is 12.9. The summed E-state index contributed by atoms with van der Waals surface area (Å²) in [6, 6.07) is 5.99. The van der Waals surface area contributed by atoms with Crippen molar-refractivity contribution in [2.75, 3.05) is 0 Å². The highest BCUT2D eigenvalue weighted by Gasteiger charge is 2.11. The highest BCUT2D eigenvalue weighted by molar-refractivity contribution is 7.14. The van der Waals surface area contributed by atoms with Crippen LogP contribution < -0.4 is 5.32 Å². The Balaban J connectivity index is 1.65. The number of nitrogens with zero attached hydrogens (tertiary/aromatic N) is 4. The number of hydrogen-bond acceptors (Lipinski definition) is 6. The molecule has 0 saturated carbocycles. The highest BCUT2D eigenvalue weighted by atomic mass is 32.1. The Kier molecular flexibility index (Phi) is 3.65. The highest BCUT2D eigenvalue weighted by Crippen LogP contribution is 2.23. The summed E-state index contributed by atoms with van der Waals surface area (Å²) in [5, 5.41) is 21.6. The average Bonchev–Trinajstić information content (AvgIpc) is 3.17. The van der Waals surface area contributed by atoms with E-state index in [9.17, 15) is 9.18 Å². The summed E-state index contributed by atoms with van der Waals surface area (Å²) in [4.78, 5) is 11.7. The topological polar surface area (TPSA) is 96.5 Å². The van der Waals surface area contributed by atoms with Gasteiger partial charge in [0, 0.05) is 5.56 Å². The van der Waals surface area contributed by atoms with Crippen molar-refractivity contribution in [2.24, 2.45) is 0 Å². The Morgan fingerprint density at radius 1 is 1.29 bits per heavy atom. The summed E-state index contributed by atoms with van der Waals surface area (Å²) in [6.07, 6.45) is 1.33. The molecule has 106 valence electrons. The van der Waals surface area contributed by atoms with E-state index in [4.69, 9.17) is 0 Å². The molecule has 2 heterocycles. The van der Waals surface area contributed by atoms with Crippen LogP contribution in [0.5, 0.6) is 0 Å². The normalized spacial score (nSPS) is 10.5. The number of carbonyl (C=O) groups excluding carboxylic acids is 1. The summed E-state index contributed by atoms with van der Waals surface area (Å²) in [7, 11) is 0. The minimum absolute atomic E-state index is 0.207. The predicted octanol–water partition coefficient (Wildman–Crippen LogP) is 1.39. The molecule has 1 aromatic carbocycles. The van der Waals surface area contributed by atoms with Crippen LogP contribution in [-0.2, 0) is 6.54 Å². The van der Waals surface area contributed by atoms with Gasteiger partial charge in [-0.25, -0.2) is 4.39 Å². The van der Waals surface area contributed by atoms with Gasteiger partial charge in [-0.15, -0.1) is 10.2 Å². The lowest BCUT2D eigenvalue weighted by molar-refractivity contribution is 0.0946. The summed E-state index contributed by atoms with van der Waals surface area (Å²) >= 11 is 1.33. The monoisotopic (exact) mass is 304 g/mol. The minimum atomic E-state index is -0.345. The number of H-pyrrole nitrogens is 1. The van der Waals surface area contributed by atoms with Gasteiger partial charge in [-0.05, 0) is 24.3 Å². The Morgan fingerprint density at radius 2 is 2.10 bits per heavy atom. The van der Waals surface area contributed by atoms with Crippen LogP contribution in [0.2, 0.25) is 0 Å². The van der Waals surface area contributed by atoms with Crippen molar-refractivity contribution < 1.29 is 9.18 Å². The van der Waals surface area contributed by atoms with E-state index in [0.29, 0.717) is 10.0 Å². The van der Waals surface area contributed by atoms with Crippen molar-refractivity contribution in [3.05, 3.63) is 47.0 Å². The zero-order chi connectivity index (χ0) is 14.7. The van der Waals surface area contributed by atoms with Crippen LogP contribution in [-0.4, -0.2) is 31.5 Å². The molecule has 0 aliphatic carbocycles. The van der Waals surface area contributed by atoms with Crippen LogP contribution in [0.3, 0.4) is 0 Å². The molecule has 9 heteroatoms. The Labute approximate surface area is 122 Å². The fourth-order valence-electron chi connectivity index (χ4n) is 1.59. The Hall–Kier alpha value is -2.68. The molecule has 1 amide bonds. The molecule has 0 spiro atoms. The van der Waals surface area contributed by atoms with E-state index >= 15 is 0 Å². The molecular weight excluding hydrogens is 295 g/mol. The number of benzene rings is 1. The fourth-order valence-corrected chi connectivity index (χ4v) is 2.38. The molecule has 0 bridgehead atoms. The van der Waals surface area contributed by atoms with E-state index in [-0.39, 0.29) is 24.0 Å². The van der Waals surface area contributed by atoms with E-state index < -0.39 is 0 Å². The zero-order valence-corrected chi connectivity index (χ0v) is 11.4. The summed E-state index contributed by atoms with van der Waals surface area (Å²) in [5.74, 6) is -0.648. The second-order valence-electron chi connectivity index (χ2n) is 4.05. The summed E-state index contributed by atoms with van der Waals surface area (Å²) in [6.45, 7) is 0.241. The molecule has 0 fully saturated rings. The SMILES string of the molecule is O=C(NCc1nnc(-c2ccc(F)cc2)s1)c1cn[nH]n1. The van der Waals surface area contributed by atoms with Crippen molar-refractivity contribution in [1.29, 1.82) is 0 Å². The molecule has 0 atom stereocenters. The maximum absolute atomic E-state index is 12.9. The van der Waals surface area contributed by atoms with E-state index in [0.717, 1.165) is 5.56 Å². The molecule has 2 aromatic heterocycles. The van der Waals surface area contributed by atoms with Crippen LogP contribution in [0.15, 0.2) is 30.5 Å². The van der Waals surface area contributed by atoms with Gasteiger partial charge < -0.3 is 5.32 Å². The number of nitrogens with one attached hydrogen (secondary N) is 2. The van der Waals surface area contributed by atoms with Crippen molar-refractivity contribution in [1.82, 2.24) is 30.9 Å². The lowest BCUT2D eigenvalue weighted by Gasteiger charge is -1.98. The quantitative estimate of drug-likeness (QED) is 0.759. The van der Waals surface area contributed by atoms with Crippen molar-refractivity contribution in [3.8, 4) is 10.6 Å². The second-order valence-corrected chi connectivity index (χ2v) is 5.11. The first-order valence-corrected chi connectivity index (χ1v) is 6.76. The van der Waals surface area contributed by atoms with Gasteiger partial charge in [0.05, 0.1) is 12.7 Å². The van der Waals surface area contributed by atoms with Crippen molar-refractivity contribution >= 4 is 17.2 Å². The number of carbonyl (C=O) groups is 1. The first-order chi connectivity index (χ1) is 10.2. The molecule has 0 unspecified atom stereocenters. The summed E-state index contributed by atoms with van der Waals surface area (Å²) in [5.41, 5.74) is 0.987. The molecule has 21 heavy (non-hydrogen) atoms. The van der Waals surface area contributed by atoms with Gasteiger partial charge in [-0.1, -0.05) is 11.3 Å². The lowest BCUT2D eigenvalue weighted by atomic mass is 10.2. The van der Waals surface area contributed by atoms with Crippen molar-refractivity contribution in [2.45, 2.75) is 6.54 Å². The van der Waals surface area contributed by atoms with E-state index in [1.54, 1.807) is 12.1 Å². The van der Waals surface area contributed by atoms with Gasteiger partial charge in [0.25, 0.3) is 5.91 Å². The van der Waals surface area contributed by atoms with Gasteiger partial charge in [-0.2, -0.15) is 15.4 Å². The zero-order valence-electron chi connectivity index (χ0n) is 10.6. The fraction of sp³-hybridized carbons (Fsp3) is 0.0833. The molecule has 7 nitrogen and oxygen atoms in total. The predicted molar refractivity (Wildman–Crippen MR) is 72.9 cm³/mol. The smallest absolute Gasteiger partial charge is 0.273 e. The second kappa shape index (κ2) is 5.75. The molecular formula is C12H9FN6OS. The number of rotatable bonds is 4. The van der Waals surface area contributed by atoms with Gasteiger partial charge in [0.2, 0.25) is 0 Å². The Morgan fingerprint density at radius 3 is 2.81 bits per heavy atom. The van der Waals surface area contributed by atoms with Crippen LogP contribution >= 0.6 is 11.3 Å². The molecule has 3 aromatic rings. The maximum atomic E-state index is 12.9. The number of aromatic nitrogens is 5. The van der Waals surface area contributed by atoms with Crippen LogP contribution in [0.4, 0.5) is 4.39 Å². The third-order valence-corrected chi connectivity index (χ3v) is 3.58. The van der Waals surface area contributed by atoms with E-state index in [2.05, 4.69) is 30.9 Å². The van der Waals surface area contributed by atoms with Crippen molar-refractivity contribution in [3.63, 3.8) is 0 Å². The van der Waals surface area contributed by atoms with Crippen LogP contribution in [0, 0.1) is 5.82 Å². The molecule has 3 rings (SSSR count). The number of hydrogen-bond donors (Lipinski definition) is 2. The van der Waals surface area contributed by atoms with E-state index in [1.165, 1.54) is 29.7 Å². The van der Waals surface area contributed by atoms with E-state index in [1.807, 2.05) is 0 Å². The Bertz CT molecular complexity index is 739. The molecule has 0 aliphatic rings. The molecule has 0 aliphatic heterocycles. The third kappa shape index (κ3) is 3.08. The van der Waals surface area contributed by atoms with Gasteiger partial charge in [0.15, 0.2) is 5.69 Å². The van der Waals surface area contributed by atoms with Gasteiger partial charge >= 0.3 is 0 Å². The number of aromatic amines is 1. The van der Waals surface area contributed by atoms with Crippen LogP contribution in [0.1, 0.15) is 15.5 Å². The number of halogens is 1. The minimum Gasteiger partial charge on any atom is -0.344 e. The first kappa shape index (κ1) is 13.3. The largest absolute Gasteiger partial charge is 0.344 e. The van der Waals surface area contributed by atoms with Gasteiger partial charge in [0.1, 0.15) is 15.8 Å². The van der Waals surface area contributed by atoms with Gasteiger partial charge in [-0.3, -0.25) is 4.79 Å². The van der Waals surface area contributed by atoms with Crippen LogP contribution in [0.25, 0.3) is 10.6 Å². The third-order valence-electron chi connectivity index (χ3n) is 2.61. The average molecular weight is 304 g/mol. The first-order valence-electron chi connectivity index (χ1n) is 5.94.